The van der Waals surface area contributed by atoms with E-state index in [1.165, 1.54) is 13.8 Å². The number of aliphatic carboxylic acids is 1. The van der Waals surface area contributed by atoms with E-state index in [0.717, 1.165) is 0 Å². The fraction of sp³-hybridized carbons (Fsp3) is 0.667. The Balaban J connectivity index is 4.13. The molecule has 58 valence electrons. The minimum Gasteiger partial charge on any atom is -0.481 e. The summed E-state index contributed by atoms with van der Waals surface area (Å²) in [6, 6.07) is 0. The van der Waals surface area contributed by atoms with E-state index in [9.17, 15) is 9.59 Å². The van der Waals surface area contributed by atoms with Crippen LogP contribution in [0.25, 0.3) is 0 Å². The molecule has 0 saturated heterocycles. The van der Waals surface area contributed by atoms with Crippen LogP contribution in [0.4, 0.5) is 0 Å². The van der Waals surface area contributed by atoms with Gasteiger partial charge in [-0.2, -0.15) is 0 Å². The zero-order valence-corrected chi connectivity index (χ0v) is 6.60. The van der Waals surface area contributed by atoms with Crippen LogP contribution in [0.1, 0.15) is 20.3 Å². The first-order chi connectivity index (χ1) is 4.36. The predicted molar refractivity (Wildman–Crippen MR) is 36.9 cm³/mol. The Morgan fingerprint density at radius 3 is 2.00 bits per heavy atom. The van der Waals surface area contributed by atoms with E-state index in [0.29, 0.717) is 0 Å². The predicted octanol–water partition coefficient (Wildman–Crippen LogP) is 1.25. The third kappa shape index (κ3) is 2.82. The molecular formula is C6H9ClO3. The Bertz CT molecular complexity index is 162. The average molecular weight is 165 g/mol. The third-order valence-corrected chi connectivity index (χ3v) is 1.29. The van der Waals surface area contributed by atoms with E-state index in [1.54, 1.807) is 0 Å². The van der Waals surface area contributed by atoms with Crippen molar-refractivity contribution in [1.82, 2.24) is 0 Å². The lowest BCUT2D eigenvalue weighted by molar-refractivity contribution is -0.148. The molecule has 0 aliphatic rings. The monoisotopic (exact) mass is 164 g/mol. The normalized spacial score (nSPS) is 11.1. The van der Waals surface area contributed by atoms with Gasteiger partial charge in [-0.15, -0.1) is 0 Å². The highest BCUT2D eigenvalue weighted by atomic mass is 35.5. The van der Waals surface area contributed by atoms with Crippen LogP contribution >= 0.6 is 11.6 Å². The molecule has 0 heterocycles. The van der Waals surface area contributed by atoms with Crippen LogP contribution in [0.15, 0.2) is 0 Å². The van der Waals surface area contributed by atoms with Gasteiger partial charge < -0.3 is 5.11 Å². The van der Waals surface area contributed by atoms with Gasteiger partial charge in [0.05, 0.1) is 5.41 Å². The highest BCUT2D eigenvalue weighted by molar-refractivity contribution is 6.63. The lowest BCUT2D eigenvalue weighted by Gasteiger charge is -2.15. The summed E-state index contributed by atoms with van der Waals surface area (Å²) in [5.74, 6) is -1.01. The van der Waals surface area contributed by atoms with E-state index < -0.39 is 16.6 Å². The smallest absolute Gasteiger partial charge is 0.309 e. The molecule has 1 N–H and O–H groups in total. The molecule has 0 bridgehead atoms. The van der Waals surface area contributed by atoms with Gasteiger partial charge in [-0.25, -0.2) is 0 Å². The number of carboxylic acid groups (broad SMARTS) is 1. The first-order valence-corrected chi connectivity index (χ1v) is 3.16. The second kappa shape index (κ2) is 3.01. The molecule has 10 heavy (non-hydrogen) atoms. The summed E-state index contributed by atoms with van der Waals surface area (Å²) in [5.41, 5.74) is -1.04. The Kier molecular flexibility index (Phi) is 2.84. The maximum absolute atomic E-state index is 10.3. The van der Waals surface area contributed by atoms with E-state index in [-0.39, 0.29) is 6.42 Å². The van der Waals surface area contributed by atoms with Gasteiger partial charge in [0.15, 0.2) is 0 Å². The molecular weight excluding hydrogens is 156 g/mol. The SMILES string of the molecule is CC(C)(CC(=O)Cl)C(=O)O. The van der Waals surface area contributed by atoms with Crippen LogP contribution in [0, 0.1) is 5.41 Å². The first-order valence-electron chi connectivity index (χ1n) is 2.78. The molecule has 0 amide bonds. The van der Waals surface area contributed by atoms with Gasteiger partial charge in [0.25, 0.3) is 0 Å². The van der Waals surface area contributed by atoms with Crippen molar-refractivity contribution in [3.63, 3.8) is 0 Å². The van der Waals surface area contributed by atoms with Crippen molar-refractivity contribution in [2.45, 2.75) is 20.3 Å². The molecule has 0 spiro atoms. The minimum atomic E-state index is -1.04. The van der Waals surface area contributed by atoms with Crippen molar-refractivity contribution >= 4 is 22.8 Å². The standard InChI is InChI=1S/C6H9ClO3/c1-6(2,5(9)10)3-4(7)8/h3H2,1-2H3,(H,9,10). The summed E-state index contributed by atoms with van der Waals surface area (Å²) in [7, 11) is 0. The van der Waals surface area contributed by atoms with Crippen molar-refractivity contribution < 1.29 is 14.7 Å². The van der Waals surface area contributed by atoms with Crippen LogP contribution in [-0.4, -0.2) is 16.3 Å². The van der Waals surface area contributed by atoms with Crippen LogP contribution < -0.4 is 0 Å². The van der Waals surface area contributed by atoms with Gasteiger partial charge in [-0.1, -0.05) is 0 Å². The maximum Gasteiger partial charge on any atom is 0.309 e. The van der Waals surface area contributed by atoms with E-state index >= 15 is 0 Å². The van der Waals surface area contributed by atoms with Crippen LogP contribution in [0.3, 0.4) is 0 Å². The second-order valence-corrected chi connectivity index (χ2v) is 3.14. The molecule has 0 unspecified atom stereocenters. The molecule has 0 aliphatic carbocycles. The minimum absolute atomic E-state index is 0.135. The lowest BCUT2D eigenvalue weighted by Crippen LogP contribution is -2.25. The Hall–Kier alpha value is -0.570. The number of halogens is 1. The second-order valence-electron chi connectivity index (χ2n) is 2.72. The van der Waals surface area contributed by atoms with E-state index in [1.807, 2.05) is 0 Å². The number of carbonyl (C=O) groups is 2. The fourth-order valence-electron chi connectivity index (χ4n) is 0.423. The summed E-state index contributed by atoms with van der Waals surface area (Å²) in [4.78, 5) is 20.6. The van der Waals surface area contributed by atoms with Gasteiger partial charge in [-0.3, -0.25) is 9.59 Å². The topological polar surface area (TPSA) is 54.4 Å². The number of rotatable bonds is 3. The largest absolute Gasteiger partial charge is 0.481 e. The highest BCUT2D eigenvalue weighted by Gasteiger charge is 2.29. The summed E-state index contributed by atoms with van der Waals surface area (Å²) in [6.45, 7) is 2.91. The zero-order chi connectivity index (χ0) is 8.36. The highest BCUT2D eigenvalue weighted by Crippen LogP contribution is 2.21. The van der Waals surface area contributed by atoms with E-state index in [4.69, 9.17) is 16.7 Å². The molecule has 0 fully saturated rings. The molecule has 0 rings (SSSR count). The maximum atomic E-state index is 10.3. The Labute approximate surface area is 64.0 Å². The van der Waals surface area contributed by atoms with Gasteiger partial charge >= 0.3 is 5.97 Å². The Morgan fingerprint density at radius 1 is 1.50 bits per heavy atom. The molecule has 0 saturated carbocycles. The van der Waals surface area contributed by atoms with E-state index in [2.05, 4.69) is 0 Å². The number of hydrogen-bond donors (Lipinski definition) is 1. The molecule has 0 aromatic heterocycles. The lowest BCUT2D eigenvalue weighted by atomic mass is 9.90. The molecule has 0 aromatic rings. The van der Waals surface area contributed by atoms with Crippen molar-refractivity contribution in [3.8, 4) is 0 Å². The first kappa shape index (κ1) is 9.43. The number of carbonyl (C=O) groups excluding carboxylic acids is 1. The average Bonchev–Trinajstić information content (AvgIpc) is 1.60. The summed E-state index contributed by atoms with van der Waals surface area (Å²) in [6.07, 6.45) is -0.135. The quantitative estimate of drug-likeness (QED) is 0.639. The van der Waals surface area contributed by atoms with Gasteiger partial charge in [-0.05, 0) is 25.4 Å². The van der Waals surface area contributed by atoms with Crippen LogP contribution in [-0.2, 0) is 9.59 Å². The fourth-order valence-corrected chi connectivity index (χ4v) is 0.757. The van der Waals surface area contributed by atoms with Crippen LogP contribution in [0.2, 0.25) is 0 Å². The van der Waals surface area contributed by atoms with Gasteiger partial charge in [0.1, 0.15) is 0 Å². The van der Waals surface area contributed by atoms with Crippen LogP contribution in [0.5, 0.6) is 0 Å². The Morgan fingerprint density at radius 2 is 1.90 bits per heavy atom. The van der Waals surface area contributed by atoms with Crippen molar-refractivity contribution in [3.05, 3.63) is 0 Å². The molecule has 0 aromatic carbocycles. The summed E-state index contributed by atoms with van der Waals surface area (Å²) < 4.78 is 0. The zero-order valence-electron chi connectivity index (χ0n) is 5.85. The molecule has 0 aliphatic heterocycles. The molecule has 4 heteroatoms. The molecule has 0 radical (unpaired) electrons. The van der Waals surface area contributed by atoms with Crippen molar-refractivity contribution in [2.24, 2.45) is 5.41 Å². The van der Waals surface area contributed by atoms with Crippen molar-refractivity contribution in [1.29, 1.82) is 0 Å². The molecule has 0 atom stereocenters. The molecule has 3 nitrogen and oxygen atoms in total. The summed E-state index contributed by atoms with van der Waals surface area (Å²) >= 11 is 5.00. The summed E-state index contributed by atoms with van der Waals surface area (Å²) in [5, 5.41) is 7.86. The number of hydrogen-bond acceptors (Lipinski definition) is 2. The third-order valence-electron chi connectivity index (χ3n) is 1.16. The van der Waals surface area contributed by atoms with Crippen molar-refractivity contribution in [2.75, 3.05) is 0 Å². The number of carboxylic acids is 1. The van der Waals surface area contributed by atoms with Gasteiger partial charge in [0, 0.05) is 6.42 Å². The van der Waals surface area contributed by atoms with Gasteiger partial charge in [0.2, 0.25) is 5.24 Å².